The number of ether oxygens (including phenoxy) is 2. The Hall–Kier alpha value is -3.82. The van der Waals surface area contributed by atoms with Crippen LogP contribution in [0.5, 0.6) is 11.5 Å². The lowest BCUT2D eigenvalue weighted by Gasteiger charge is -2.61. The third-order valence-electron chi connectivity index (χ3n) is 10.9. The molecule has 44 heavy (non-hydrogen) atoms. The summed E-state index contributed by atoms with van der Waals surface area (Å²) < 4.78 is 17.9. The smallest absolute Gasteiger partial charge is 0.290 e. The average molecular weight is 601 g/mol. The SMILES string of the molecule is COc1cccc2cc(C(=O)N(C[C@@H]3CC[C@H]4C[C@@H]3C4(C)C)[C@@H]3C=C(C(=O)NCCO)[C@@H]4c5ccccc5O[C@@H]4[C@H]3O)oc12. The summed E-state index contributed by atoms with van der Waals surface area (Å²) in [6.45, 7) is 4.95. The van der Waals surface area contributed by atoms with Gasteiger partial charge >= 0.3 is 0 Å². The van der Waals surface area contributed by atoms with Crippen molar-refractivity contribution < 1.29 is 33.7 Å². The highest BCUT2D eigenvalue weighted by atomic mass is 16.5. The molecule has 2 aromatic carbocycles. The van der Waals surface area contributed by atoms with Crippen LogP contribution in [-0.4, -0.2) is 72.0 Å². The van der Waals surface area contributed by atoms with Crippen molar-refractivity contribution in [2.75, 3.05) is 26.8 Å². The Morgan fingerprint density at radius 2 is 1.95 bits per heavy atom. The van der Waals surface area contributed by atoms with Crippen LogP contribution < -0.4 is 14.8 Å². The van der Waals surface area contributed by atoms with Gasteiger partial charge in [-0.3, -0.25) is 9.59 Å². The van der Waals surface area contributed by atoms with E-state index in [4.69, 9.17) is 13.9 Å². The Balaban J connectivity index is 1.31. The molecule has 7 atom stereocenters. The second kappa shape index (κ2) is 11.0. The van der Waals surface area contributed by atoms with Crippen LogP contribution in [0, 0.1) is 23.2 Å². The fourth-order valence-electron chi connectivity index (χ4n) is 8.41. The van der Waals surface area contributed by atoms with Gasteiger partial charge in [-0.1, -0.05) is 44.2 Å². The van der Waals surface area contributed by atoms with E-state index < -0.39 is 24.2 Å². The number of hydrogen-bond donors (Lipinski definition) is 3. The number of amides is 2. The third kappa shape index (κ3) is 4.51. The number of aliphatic hydroxyl groups is 2. The first-order valence-corrected chi connectivity index (χ1v) is 15.6. The molecule has 5 aliphatic rings. The standard InChI is InChI=1S/C35H40N2O7/c1-35(2)21-12-11-20(24(35)16-21)18-37(34(41)28-15-19-7-6-10-27(42-3)31(19)44-28)25-17-23(33(40)36-13-14-38)29-22-8-4-5-9-26(22)43-32(29)30(25)39/h4-10,15,17,20-21,24-25,29-30,32,38-39H,11-14,16,18H2,1-3H3,(H,36,40)/t20-,21-,24-,25+,29-,30-,32-/m0/s1. The second-order valence-electron chi connectivity index (χ2n) is 13.3. The van der Waals surface area contributed by atoms with Gasteiger partial charge in [-0.25, -0.2) is 0 Å². The van der Waals surface area contributed by atoms with Gasteiger partial charge in [0.2, 0.25) is 5.91 Å². The number of fused-ring (bicyclic) bond motifs is 6. The number of aliphatic hydroxyl groups excluding tert-OH is 2. The first-order valence-electron chi connectivity index (χ1n) is 15.6. The molecule has 3 saturated carbocycles. The van der Waals surface area contributed by atoms with E-state index in [1.807, 2.05) is 36.4 Å². The number of carbonyl (C=O) groups is 2. The molecule has 1 aliphatic heterocycles. The number of carbonyl (C=O) groups excluding carboxylic acids is 2. The van der Waals surface area contributed by atoms with E-state index in [1.165, 1.54) is 0 Å². The zero-order valence-corrected chi connectivity index (χ0v) is 25.4. The highest BCUT2D eigenvalue weighted by Gasteiger charge is 2.56. The number of benzene rings is 2. The molecule has 2 amide bonds. The van der Waals surface area contributed by atoms with E-state index in [0.717, 1.165) is 30.2 Å². The number of methoxy groups -OCH3 is 1. The molecule has 232 valence electrons. The maximum Gasteiger partial charge on any atom is 0.290 e. The minimum absolute atomic E-state index is 0.0900. The van der Waals surface area contributed by atoms with Crippen LogP contribution in [0.1, 0.15) is 55.1 Å². The van der Waals surface area contributed by atoms with Crippen LogP contribution in [0.4, 0.5) is 0 Å². The minimum atomic E-state index is -1.10. The maximum atomic E-state index is 14.5. The molecular weight excluding hydrogens is 560 g/mol. The van der Waals surface area contributed by atoms with Crippen molar-refractivity contribution in [1.29, 1.82) is 0 Å². The van der Waals surface area contributed by atoms with Crippen LogP contribution >= 0.6 is 0 Å². The molecule has 0 spiro atoms. The number of nitrogens with one attached hydrogen (secondary N) is 1. The van der Waals surface area contributed by atoms with E-state index in [1.54, 1.807) is 30.2 Å². The predicted molar refractivity (Wildman–Crippen MR) is 163 cm³/mol. The Labute approximate surface area is 256 Å². The highest BCUT2D eigenvalue weighted by molar-refractivity contribution is 5.99. The van der Waals surface area contributed by atoms with Crippen LogP contribution in [0.3, 0.4) is 0 Å². The highest BCUT2D eigenvalue weighted by Crippen LogP contribution is 2.61. The lowest BCUT2D eigenvalue weighted by molar-refractivity contribution is -0.119. The molecule has 4 aliphatic carbocycles. The topological polar surface area (TPSA) is 121 Å². The summed E-state index contributed by atoms with van der Waals surface area (Å²) in [5.41, 5.74) is 1.91. The molecule has 2 bridgehead atoms. The summed E-state index contributed by atoms with van der Waals surface area (Å²) >= 11 is 0. The van der Waals surface area contributed by atoms with Crippen molar-refractivity contribution in [2.24, 2.45) is 23.2 Å². The van der Waals surface area contributed by atoms with Crippen molar-refractivity contribution >= 4 is 22.8 Å². The normalized spacial score (nSPS) is 29.5. The van der Waals surface area contributed by atoms with Crippen molar-refractivity contribution in [3.8, 4) is 11.5 Å². The number of hydrogen-bond acceptors (Lipinski definition) is 7. The summed E-state index contributed by atoms with van der Waals surface area (Å²) in [6, 6.07) is 13.9. The summed E-state index contributed by atoms with van der Waals surface area (Å²) in [6.07, 6.45) is 3.13. The van der Waals surface area contributed by atoms with Crippen LogP contribution in [0.2, 0.25) is 0 Å². The Bertz CT molecular complexity index is 1620. The van der Waals surface area contributed by atoms with Crippen molar-refractivity contribution in [2.45, 2.75) is 57.3 Å². The molecule has 3 aromatic rings. The van der Waals surface area contributed by atoms with Crippen molar-refractivity contribution in [1.82, 2.24) is 10.2 Å². The Kier molecular flexibility index (Phi) is 7.21. The largest absolute Gasteiger partial charge is 0.493 e. The summed E-state index contributed by atoms with van der Waals surface area (Å²) in [7, 11) is 1.56. The number of para-hydroxylation sites is 2. The van der Waals surface area contributed by atoms with Gasteiger partial charge in [0.05, 0.1) is 25.7 Å². The van der Waals surface area contributed by atoms with Crippen LogP contribution in [0.15, 0.2) is 64.6 Å². The Morgan fingerprint density at radius 3 is 2.70 bits per heavy atom. The first-order chi connectivity index (χ1) is 21.2. The molecular formula is C35H40N2O7. The van der Waals surface area contributed by atoms with Gasteiger partial charge < -0.3 is 34.3 Å². The van der Waals surface area contributed by atoms with Gasteiger partial charge in [0.25, 0.3) is 5.91 Å². The van der Waals surface area contributed by atoms with Gasteiger partial charge in [-0.15, -0.1) is 0 Å². The zero-order valence-electron chi connectivity index (χ0n) is 25.4. The number of rotatable bonds is 8. The van der Waals surface area contributed by atoms with E-state index in [9.17, 15) is 19.8 Å². The number of furan rings is 1. The van der Waals surface area contributed by atoms with E-state index in [0.29, 0.717) is 41.0 Å². The molecule has 9 heteroatoms. The van der Waals surface area contributed by atoms with Crippen LogP contribution in [0.25, 0.3) is 11.0 Å². The first kappa shape index (κ1) is 28.9. The summed E-state index contributed by atoms with van der Waals surface area (Å²) in [5.74, 6) is 1.47. The molecule has 9 nitrogen and oxygen atoms in total. The molecule has 0 radical (unpaired) electrons. The van der Waals surface area contributed by atoms with Gasteiger partial charge in [-0.2, -0.15) is 0 Å². The lowest BCUT2D eigenvalue weighted by Crippen LogP contribution is -2.59. The molecule has 0 saturated heterocycles. The molecule has 8 rings (SSSR count). The monoisotopic (exact) mass is 600 g/mol. The maximum absolute atomic E-state index is 14.5. The number of nitrogens with zero attached hydrogens (tertiary/aromatic N) is 1. The fourth-order valence-corrected chi connectivity index (χ4v) is 8.41. The summed E-state index contributed by atoms with van der Waals surface area (Å²) in [5, 5.41) is 24.9. The van der Waals surface area contributed by atoms with E-state index in [2.05, 4.69) is 19.2 Å². The average Bonchev–Trinajstić information content (AvgIpc) is 3.65. The lowest BCUT2D eigenvalue weighted by atomic mass is 9.45. The van der Waals surface area contributed by atoms with Crippen molar-refractivity contribution in [3.05, 3.63) is 71.5 Å². The van der Waals surface area contributed by atoms with Gasteiger partial charge in [-0.05, 0) is 66.7 Å². The van der Waals surface area contributed by atoms with Gasteiger partial charge in [0.1, 0.15) is 18.0 Å². The van der Waals surface area contributed by atoms with Crippen molar-refractivity contribution in [3.63, 3.8) is 0 Å². The van der Waals surface area contributed by atoms with Crippen LogP contribution in [-0.2, 0) is 4.79 Å². The molecule has 1 aromatic heterocycles. The second-order valence-corrected chi connectivity index (χ2v) is 13.3. The zero-order chi connectivity index (χ0) is 30.7. The van der Waals surface area contributed by atoms with Gasteiger partial charge in [0.15, 0.2) is 17.1 Å². The molecule has 3 N–H and O–H groups in total. The van der Waals surface area contributed by atoms with E-state index in [-0.39, 0.29) is 42.1 Å². The summed E-state index contributed by atoms with van der Waals surface area (Å²) in [4.78, 5) is 29.8. The Morgan fingerprint density at radius 1 is 1.14 bits per heavy atom. The predicted octanol–water partition coefficient (Wildman–Crippen LogP) is 4.28. The van der Waals surface area contributed by atoms with Gasteiger partial charge in [0, 0.05) is 29.6 Å². The molecule has 0 unspecified atom stereocenters. The minimum Gasteiger partial charge on any atom is -0.493 e. The molecule has 2 heterocycles. The quantitative estimate of drug-likeness (QED) is 0.353. The fraction of sp³-hybridized carbons (Fsp3) is 0.486. The molecule has 3 fully saturated rings. The van der Waals surface area contributed by atoms with E-state index >= 15 is 0 Å². The third-order valence-corrected chi connectivity index (χ3v) is 10.9.